The summed E-state index contributed by atoms with van der Waals surface area (Å²) in [5.41, 5.74) is 7.25. The van der Waals surface area contributed by atoms with Crippen molar-refractivity contribution in [1.82, 2.24) is 0 Å². The van der Waals surface area contributed by atoms with E-state index in [0.717, 1.165) is 23.6 Å². The third-order valence-corrected chi connectivity index (χ3v) is 3.51. The molecule has 0 saturated heterocycles. The molecule has 0 aromatic carbocycles. The summed E-state index contributed by atoms with van der Waals surface area (Å²) in [4.78, 5) is 1.34. The minimum Gasteiger partial charge on any atom is -0.324 e. The topological polar surface area (TPSA) is 26.0 Å². The van der Waals surface area contributed by atoms with Gasteiger partial charge in [0, 0.05) is 17.3 Å². The average molecular weight is 214 g/mol. The van der Waals surface area contributed by atoms with Gasteiger partial charge in [0.15, 0.2) is 0 Å². The highest BCUT2D eigenvalue weighted by molar-refractivity contribution is 7.16. The average Bonchev–Trinajstić information content (AvgIpc) is 2.62. The molecule has 1 aliphatic carbocycles. The maximum atomic E-state index is 5.85. The smallest absolute Gasteiger partial charge is 0.0931 e. The quantitative estimate of drug-likeness (QED) is 0.752. The van der Waals surface area contributed by atoms with Crippen LogP contribution in [0.2, 0.25) is 4.34 Å². The van der Waals surface area contributed by atoms with Crippen LogP contribution in [-0.2, 0) is 6.42 Å². The van der Waals surface area contributed by atoms with Crippen LogP contribution in [0.5, 0.6) is 0 Å². The van der Waals surface area contributed by atoms with Gasteiger partial charge in [-0.3, -0.25) is 0 Å². The predicted molar refractivity (Wildman–Crippen MR) is 58.3 cm³/mol. The van der Waals surface area contributed by atoms with Crippen LogP contribution in [0, 0.1) is 0 Å². The van der Waals surface area contributed by atoms with Gasteiger partial charge in [0.05, 0.1) is 4.34 Å². The molecule has 1 atom stereocenters. The van der Waals surface area contributed by atoms with Gasteiger partial charge in [-0.15, -0.1) is 11.3 Å². The summed E-state index contributed by atoms with van der Waals surface area (Å²) in [6.07, 6.45) is 5.48. The zero-order valence-electron chi connectivity index (χ0n) is 7.29. The first kappa shape index (κ1) is 9.25. The van der Waals surface area contributed by atoms with Gasteiger partial charge in [0.1, 0.15) is 0 Å². The molecule has 2 rings (SSSR count). The van der Waals surface area contributed by atoms with E-state index in [1.807, 2.05) is 6.07 Å². The molecule has 0 amide bonds. The van der Waals surface area contributed by atoms with Crippen molar-refractivity contribution in [2.45, 2.75) is 25.3 Å². The molecule has 0 aliphatic heterocycles. The zero-order valence-corrected chi connectivity index (χ0v) is 8.87. The van der Waals surface area contributed by atoms with Gasteiger partial charge in [-0.2, -0.15) is 0 Å². The van der Waals surface area contributed by atoms with E-state index in [2.05, 4.69) is 12.1 Å². The number of rotatable bonds is 2. The van der Waals surface area contributed by atoms with E-state index in [1.54, 1.807) is 11.3 Å². The largest absolute Gasteiger partial charge is 0.324 e. The van der Waals surface area contributed by atoms with Crippen LogP contribution in [0.3, 0.4) is 0 Å². The Labute approximate surface area is 87.2 Å². The van der Waals surface area contributed by atoms with E-state index in [-0.39, 0.29) is 6.04 Å². The molecule has 1 aliphatic rings. The minimum atomic E-state index is 0.283. The summed E-state index contributed by atoms with van der Waals surface area (Å²) in [7, 11) is 0. The molecule has 2 N–H and O–H groups in total. The third kappa shape index (κ3) is 2.33. The van der Waals surface area contributed by atoms with Crippen molar-refractivity contribution >= 4 is 22.9 Å². The molecule has 1 aromatic rings. The summed E-state index contributed by atoms with van der Waals surface area (Å²) in [6, 6.07) is 4.33. The fraction of sp³-hybridized carbons (Fsp3) is 0.400. The lowest BCUT2D eigenvalue weighted by Crippen LogP contribution is -2.11. The number of allylic oxidation sites excluding steroid dienone is 1. The highest BCUT2D eigenvalue weighted by Gasteiger charge is 2.12. The standard InChI is InChI=1S/C10H12ClNS/c11-10-4-3-9(13-10)6-7-1-2-8(12)5-7/h3-5,8H,1-2,6,12H2. The Morgan fingerprint density at radius 2 is 2.38 bits per heavy atom. The molecule has 0 radical (unpaired) electrons. The van der Waals surface area contributed by atoms with Crippen molar-refractivity contribution in [2.24, 2.45) is 5.73 Å². The Kier molecular flexibility index (Phi) is 2.72. The Balaban J connectivity index is 2.02. The molecule has 1 unspecified atom stereocenters. The second-order valence-electron chi connectivity index (χ2n) is 3.41. The van der Waals surface area contributed by atoms with Crippen molar-refractivity contribution in [3.05, 3.63) is 33.0 Å². The molecule has 0 saturated carbocycles. The number of halogens is 1. The van der Waals surface area contributed by atoms with Crippen LogP contribution in [0.25, 0.3) is 0 Å². The number of thiophene rings is 1. The lowest BCUT2D eigenvalue weighted by Gasteiger charge is -1.96. The van der Waals surface area contributed by atoms with Crippen LogP contribution >= 0.6 is 22.9 Å². The van der Waals surface area contributed by atoms with E-state index in [4.69, 9.17) is 17.3 Å². The van der Waals surface area contributed by atoms with Crippen molar-refractivity contribution < 1.29 is 0 Å². The van der Waals surface area contributed by atoms with Gasteiger partial charge in [-0.05, 0) is 25.0 Å². The van der Waals surface area contributed by atoms with E-state index in [9.17, 15) is 0 Å². The fourth-order valence-corrected chi connectivity index (χ4v) is 2.78. The highest BCUT2D eigenvalue weighted by atomic mass is 35.5. The molecule has 3 heteroatoms. The first-order chi connectivity index (χ1) is 6.24. The van der Waals surface area contributed by atoms with Crippen LogP contribution in [-0.4, -0.2) is 6.04 Å². The Morgan fingerprint density at radius 3 is 2.92 bits per heavy atom. The molecule has 13 heavy (non-hydrogen) atoms. The second-order valence-corrected chi connectivity index (χ2v) is 5.21. The summed E-state index contributed by atoms with van der Waals surface area (Å²) in [5.74, 6) is 0. The molecular weight excluding hydrogens is 202 g/mol. The van der Waals surface area contributed by atoms with Crippen LogP contribution in [0.4, 0.5) is 0 Å². The fourth-order valence-electron chi connectivity index (χ4n) is 1.64. The molecule has 0 spiro atoms. The van der Waals surface area contributed by atoms with Crippen molar-refractivity contribution in [2.75, 3.05) is 0 Å². The SMILES string of the molecule is NC1C=C(Cc2ccc(Cl)s2)CC1. The van der Waals surface area contributed by atoms with Crippen molar-refractivity contribution in [1.29, 1.82) is 0 Å². The summed E-state index contributed by atoms with van der Waals surface area (Å²) < 4.78 is 0.873. The number of nitrogens with two attached hydrogens (primary N) is 1. The monoisotopic (exact) mass is 213 g/mol. The predicted octanol–water partition coefficient (Wildman–Crippen LogP) is 2.99. The normalized spacial score (nSPS) is 22.0. The van der Waals surface area contributed by atoms with E-state index in [0.29, 0.717) is 0 Å². The summed E-state index contributed by atoms with van der Waals surface area (Å²) >= 11 is 7.51. The Hall–Kier alpha value is -0.310. The molecular formula is C10H12ClNS. The van der Waals surface area contributed by atoms with Gasteiger partial charge in [0.25, 0.3) is 0 Å². The zero-order chi connectivity index (χ0) is 9.26. The van der Waals surface area contributed by atoms with Gasteiger partial charge < -0.3 is 5.73 Å². The highest BCUT2D eigenvalue weighted by Crippen LogP contribution is 2.27. The first-order valence-electron chi connectivity index (χ1n) is 4.43. The molecule has 70 valence electrons. The summed E-state index contributed by atoms with van der Waals surface area (Å²) in [6.45, 7) is 0. The van der Waals surface area contributed by atoms with Gasteiger partial charge in [0.2, 0.25) is 0 Å². The number of hydrogen-bond donors (Lipinski definition) is 1. The maximum absolute atomic E-state index is 5.85. The Morgan fingerprint density at radius 1 is 1.54 bits per heavy atom. The minimum absolute atomic E-state index is 0.283. The van der Waals surface area contributed by atoms with Crippen LogP contribution in [0.1, 0.15) is 17.7 Å². The van der Waals surface area contributed by atoms with Crippen molar-refractivity contribution in [3.8, 4) is 0 Å². The van der Waals surface area contributed by atoms with Crippen LogP contribution in [0.15, 0.2) is 23.8 Å². The van der Waals surface area contributed by atoms with Crippen LogP contribution < -0.4 is 5.73 Å². The molecule has 0 fully saturated rings. The van der Waals surface area contributed by atoms with E-state index < -0.39 is 0 Å². The molecule has 1 aromatic heterocycles. The molecule has 0 bridgehead atoms. The third-order valence-electron chi connectivity index (χ3n) is 2.28. The molecule has 1 nitrogen and oxygen atoms in total. The van der Waals surface area contributed by atoms with Gasteiger partial charge in [-0.1, -0.05) is 23.3 Å². The van der Waals surface area contributed by atoms with E-state index >= 15 is 0 Å². The lowest BCUT2D eigenvalue weighted by atomic mass is 10.1. The van der Waals surface area contributed by atoms with Gasteiger partial charge >= 0.3 is 0 Å². The second kappa shape index (κ2) is 3.82. The van der Waals surface area contributed by atoms with E-state index in [1.165, 1.54) is 10.5 Å². The summed E-state index contributed by atoms with van der Waals surface area (Å²) in [5, 5.41) is 0. The molecule has 1 heterocycles. The maximum Gasteiger partial charge on any atom is 0.0931 e. The Bertz CT molecular complexity index is 329. The first-order valence-corrected chi connectivity index (χ1v) is 5.63. The number of hydrogen-bond acceptors (Lipinski definition) is 2. The lowest BCUT2D eigenvalue weighted by molar-refractivity contribution is 0.770. The van der Waals surface area contributed by atoms with Gasteiger partial charge in [-0.25, -0.2) is 0 Å². The van der Waals surface area contributed by atoms with Crippen molar-refractivity contribution in [3.63, 3.8) is 0 Å².